The molecule has 3 aromatic rings. The van der Waals surface area contributed by atoms with Gasteiger partial charge in [-0.05, 0) is 36.8 Å². The normalized spacial score (nSPS) is 10.3. The van der Waals surface area contributed by atoms with Crippen molar-refractivity contribution in [3.63, 3.8) is 0 Å². The lowest BCUT2D eigenvalue weighted by Crippen LogP contribution is -2.23. The Hall–Kier alpha value is -2.91. The van der Waals surface area contributed by atoms with Crippen molar-refractivity contribution in [2.75, 3.05) is 0 Å². The van der Waals surface area contributed by atoms with Crippen molar-refractivity contribution in [3.05, 3.63) is 64.4 Å². The van der Waals surface area contributed by atoms with Gasteiger partial charge in [-0.3, -0.25) is 4.79 Å². The van der Waals surface area contributed by atoms with Crippen LogP contribution in [0.5, 0.6) is 0 Å². The first-order valence-corrected chi connectivity index (χ1v) is 7.77. The summed E-state index contributed by atoms with van der Waals surface area (Å²) in [7, 11) is 0. The van der Waals surface area contributed by atoms with E-state index in [1.165, 1.54) is 11.3 Å². The average molecular weight is 323 g/mol. The van der Waals surface area contributed by atoms with Crippen LogP contribution in [-0.4, -0.2) is 10.9 Å². The fraction of sp³-hybridized carbons (Fsp3) is 0.118. The molecule has 0 aliphatic heterocycles. The van der Waals surface area contributed by atoms with Gasteiger partial charge in [0, 0.05) is 11.4 Å². The lowest BCUT2D eigenvalue weighted by molar-refractivity contribution is 0.0946. The standard InChI is InChI=1S/C17H13N3O2S/c1-11-15(20-17(23-11)14-6-3-7-22-14)16(21)19-10-13-5-2-4-12(8-13)9-18/h2-8H,10H2,1H3,(H,19,21). The maximum atomic E-state index is 12.3. The molecular formula is C17H13N3O2S. The molecule has 0 bridgehead atoms. The van der Waals surface area contributed by atoms with Gasteiger partial charge in [0.2, 0.25) is 0 Å². The Bertz CT molecular complexity index is 876. The van der Waals surface area contributed by atoms with E-state index in [4.69, 9.17) is 9.68 Å². The minimum Gasteiger partial charge on any atom is -0.462 e. The molecule has 5 nitrogen and oxygen atoms in total. The molecule has 0 aliphatic rings. The summed E-state index contributed by atoms with van der Waals surface area (Å²) in [6, 6.07) is 12.8. The van der Waals surface area contributed by atoms with Gasteiger partial charge in [-0.25, -0.2) is 4.98 Å². The molecule has 3 rings (SSSR count). The van der Waals surface area contributed by atoms with Crippen molar-refractivity contribution in [1.82, 2.24) is 10.3 Å². The number of nitrogens with zero attached hydrogens (tertiary/aromatic N) is 2. The summed E-state index contributed by atoms with van der Waals surface area (Å²) in [5.41, 5.74) is 1.84. The van der Waals surface area contributed by atoms with Crippen LogP contribution in [-0.2, 0) is 6.54 Å². The zero-order chi connectivity index (χ0) is 16.2. The molecule has 2 heterocycles. The van der Waals surface area contributed by atoms with Crippen molar-refractivity contribution < 1.29 is 9.21 Å². The highest BCUT2D eigenvalue weighted by molar-refractivity contribution is 7.15. The fourth-order valence-corrected chi connectivity index (χ4v) is 3.01. The molecule has 1 aromatic carbocycles. The molecule has 23 heavy (non-hydrogen) atoms. The van der Waals surface area contributed by atoms with E-state index in [0.717, 1.165) is 10.4 Å². The highest BCUT2D eigenvalue weighted by Crippen LogP contribution is 2.27. The summed E-state index contributed by atoms with van der Waals surface area (Å²) in [5.74, 6) is 0.415. The van der Waals surface area contributed by atoms with Crippen LogP contribution < -0.4 is 5.32 Å². The molecule has 0 radical (unpaired) electrons. The van der Waals surface area contributed by atoms with Crippen LogP contribution >= 0.6 is 11.3 Å². The quantitative estimate of drug-likeness (QED) is 0.797. The van der Waals surface area contributed by atoms with E-state index < -0.39 is 0 Å². The molecule has 114 valence electrons. The van der Waals surface area contributed by atoms with Crippen LogP contribution in [0, 0.1) is 18.3 Å². The lowest BCUT2D eigenvalue weighted by Gasteiger charge is -2.04. The van der Waals surface area contributed by atoms with Crippen molar-refractivity contribution >= 4 is 17.2 Å². The number of aromatic nitrogens is 1. The smallest absolute Gasteiger partial charge is 0.271 e. The highest BCUT2D eigenvalue weighted by Gasteiger charge is 2.17. The van der Waals surface area contributed by atoms with Crippen LogP contribution in [0.3, 0.4) is 0 Å². The zero-order valence-electron chi connectivity index (χ0n) is 12.4. The third-order valence-corrected chi connectivity index (χ3v) is 4.24. The number of aryl methyl sites for hydroxylation is 1. The number of carbonyl (C=O) groups is 1. The summed E-state index contributed by atoms with van der Waals surface area (Å²) in [5, 5.41) is 12.4. The maximum Gasteiger partial charge on any atom is 0.271 e. The SMILES string of the molecule is Cc1sc(-c2ccco2)nc1C(=O)NCc1cccc(C#N)c1. The Morgan fingerprint density at radius 2 is 2.26 bits per heavy atom. The number of nitriles is 1. The summed E-state index contributed by atoms with van der Waals surface area (Å²) < 4.78 is 5.31. The van der Waals surface area contributed by atoms with E-state index in [2.05, 4.69) is 16.4 Å². The Morgan fingerprint density at radius 3 is 3.00 bits per heavy atom. The molecule has 1 N–H and O–H groups in total. The number of furan rings is 1. The number of nitrogens with one attached hydrogen (secondary N) is 1. The molecule has 6 heteroatoms. The predicted octanol–water partition coefficient (Wildman–Crippen LogP) is 3.51. The number of rotatable bonds is 4. The molecule has 1 amide bonds. The van der Waals surface area contributed by atoms with Crippen molar-refractivity contribution in [2.24, 2.45) is 0 Å². The second-order valence-corrected chi connectivity index (χ2v) is 6.10. The first-order chi connectivity index (χ1) is 11.2. The van der Waals surface area contributed by atoms with Gasteiger partial charge in [0.15, 0.2) is 10.8 Å². The van der Waals surface area contributed by atoms with Gasteiger partial charge >= 0.3 is 0 Å². The van der Waals surface area contributed by atoms with E-state index in [1.807, 2.05) is 19.1 Å². The number of hydrogen-bond acceptors (Lipinski definition) is 5. The van der Waals surface area contributed by atoms with Crippen LogP contribution in [0.4, 0.5) is 0 Å². The minimum atomic E-state index is -0.237. The molecule has 0 saturated carbocycles. The minimum absolute atomic E-state index is 0.237. The van der Waals surface area contributed by atoms with Crippen molar-refractivity contribution in [3.8, 4) is 16.8 Å². The van der Waals surface area contributed by atoms with Crippen LogP contribution in [0.25, 0.3) is 10.8 Å². The monoisotopic (exact) mass is 323 g/mol. The zero-order valence-corrected chi connectivity index (χ0v) is 13.2. The second kappa shape index (κ2) is 6.46. The molecule has 0 spiro atoms. The number of benzene rings is 1. The Labute approximate surface area is 137 Å². The van der Waals surface area contributed by atoms with E-state index in [1.54, 1.807) is 30.5 Å². The predicted molar refractivity (Wildman–Crippen MR) is 86.9 cm³/mol. The molecule has 0 aliphatic carbocycles. The second-order valence-electron chi connectivity index (χ2n) is 4.90. The van der Waals surface area contributed by atoms with Gasteiger partial charge in [0.05, 0.1) is 17.9 Å². The third kappa shape index (κ3) is 3.30. The Morgan fingerprint density at radius 1 is 1.39 bits per heavy atom. The first kappa shape index (κ1) is 15.0. The molecule has 0 atom stereocenters. The summed E-state index contributed by atoms with van der Waals surface area (Å²) in [4.78, 5) is 17.5. The molecule has 0 fully saturated rings. The third-order valence-electron chi connectivity index (χ3n) is 3.25. The van der Waals surface area contributed by atoms with Crippen LogP contribution in [0.2, 0.25) is 0 Å². The van der Waals surface area contributed by atoms with Gasteiger partial charge in [0.1, 0.15) is 5.69 Å². The molecule has 2 aromatic heterocycles. The maximum absolute atomic E-state index is 12.3. The molecule has 0 unspecified atom stereocenters. The number of amides is 1. The molecule has 0 saturated heterocycles. The summed E-state index contributed by atoms with van der Waals surface area (Å²) in [6.07, 6.45) is 1.58. The van der Waals surface area contributed by atoms with Gasteiger partial charge in [0.25, 0.3) is 5.91 Å². The number of hydrogen-bond donors (Lipinski definition) is 1. The van der Waals surface area contributed by atoms with E-state index in [-0.39, 0.29) is 5.91 Å². The van der Waals surface area contributed by atoms with E-state index in [9.17, 15) is 4.79 Å². The van der Waals surface area contributed by atoms with E-state index >= 15 is 0 Å². The Kier molecular flexibility index (Phi) is 4.22. The van der Waals surface area contributed by atoms with Crippen molar-refractivity contribution in [1.29, 1.82) is 5.26 Å². The summed E-state index contributed by atoms with van der Waals surface area (Å²) in [6.45, 7) is 2.21. The number of thiazole rings is 1. The van der Waals surface area contributed by atoms with Crippen LogP contribution in [0.1, 0.15) is 26.5 Å². The first-order valence-electron chi connectivity index (χ1n) is 6.96. The van der Waals surface area contributed by atoms with Gasteiger partial charge < -0.3 is 9.73 Å². The van der Waals surface area contributed by atoms with Gasteiger partial charge in [-0.2, -0.15) is 5.26 Å². The number of carbonyl (C=O) groups excluding carboxylic acids is 1. The van der Waals surface area contributed by atoms with Gasteiger partial charge in [-0.15, -0.1) is 11.3 Å². The fourth-order valence-electron chi connectivity index (χ4n) is 2.13. The van der Waals surface area contributed by atoms with Crippen LogP contribution in [0.15, 0.2) is 47.1 Å². The lowest BCUT2D eigenvalue weighted by atomic mass is 10.1. The average Bonchev–Trinajstić information content (AvgIpc) is 3.22. The topological polar surface area (TPSA) is 78.9 Å². The van der Waals surface area contributed by atoms with Gasteiger partial charge in [-0.1, -0.05) is 12.1 Å². The molecular weight excluding hydrogens is 310 g/mol. The largest absolute Gasteiger partial charge is 0.462 e. The van der Waals surface area contributed by atoms with E-state index in [0.29, 0.717) is 28.6 Å². The Balaban J connectivity index is 1.72. The highest BCUT2D eigenvalue weighted by atomic mass is 32.1. The van der Waals surface area contributed by atoms with Crippen molar-refractivity contribution in [2.45, 2.75) is 13.5 Å². The summed E-state index contributed by atoms with van der Waals surface area (Å²) >= 11 is 1.42.